The number of hydrogen-bond acceptors (Lipinski definition) is 3. The van der Waals surface area contributed by atoms with Crippen LogP contribution in [0.2, 0.25) is 10.0 Å². The van der Waals surface area contributed by atoms with E-state index in [1.165, 1.54) is 22.3 Å². The van der Waals surface area contributed by atoms with Crippen LogP contribution in [0.5, 0.6) is 0 Å². The number of thiophene rings is 1. The molecule has 3 rings (SSSR count). The number of nitrogens with zero attached hydrogens (tertiary/aromatic N) is 1. The zero-order valence-corrected chi connectivity index (χ0v) is 14.8. The fourth-order valence-electron chi connectivity index (χ4n) is 2.80. The molecule has 1 N–H and O–H groups in total. The van der Waals surface area contributed by atoms with Crippen LogP contribution in [0.25, 0.3) is 0 Å². The van der Waals surface area contributed by atoms with Crippen molar-refractivity contribution in [1.82, 2.24) is 0 Å². The lowest BCUT2D eigenvalue weighted by Gasteiger charge is -2.17. The lowest BCUT2D eigenvalue weighted by Crippen LogP contribution is -2.12. The Bertz CT molecular complexity index is 823. The molecule has 1 aromatic heterocycles. The Morgan fingerprint density at radius 2 is 2.22 bits per heavy atom. The average Bonchev–Trinajstić information content (AvgIpc) is 2.82. The van der Waals surface area contributed by atoms with Crippen LogP contribution in [-0.4, -0.2) is 5.91 Å². The lowest BCUT2D eigenvalue weighted by atomic mass is 9.88. The second-order valence-corrected chi connectivity index (χ2v) is 7.69. The third-order valence-corrected chi connectivity index (χ3v) is 5.74. The van der Waals surface area contributed by atoms with Crippen LogP contribution < -0.4 is 5.32 Å². The van der Waals surface area contributed by atoms with E-state index in [0.29, 0.717) is 32.1 Å². The molecule has 1 amide bonds. The van der Waals surface area contributed by atoms with Crippen molar-refractivity contribution in [3.63, 3.8) is 0 Å². The fourth-order valence-corrected chi connectivity index (χ4v) is 4.65. The molecule has 0 saturated carbocycles. The number of nitrogens with one attached hydrogen (secondary N) is 1. The summed E-state index contributed by atoms with van der Waals surface area (Å²) >= 11 is 13.4. The van der Waals surface area contributed by atoms with E-state index < -0.39 is 0 Å². The van der Waals surface area contributed by atoms with Crippen molar-refractivity contribution in [1.29, 1.82) is 5.26 Å². The smallest absolute Gasteiger partial charge is 0.257 e. The summed E-state index contributed by atoms with van der Waals surface area (Å²) in [6, 6.07) is 6.98. The van der Waals surface area contributed by atoms with E-state index >= 15 is 0 Å². The van der Waals surface area contributed by atoms with Crippen LogP contribution in [0.4, 0.5) is 5.00 Å². The number of nitriles is 1. The fraction of sp³-hybridized carbons (Fsp3) is 0.294. The second kappa shape index (κ2) is 6.52. The largest absolute Gasteiger partial charge is 0.312 e. The number of carbonyl (C=O) groups excluding carboxylic acids is 1. The van der Waals surface area contributed by atoms with Crippen LogP contribution >= 0.6 is 34.5 Å². The lowest BCUT2D eigenvalue weighted by molar-refractivity contribution is 0.102. The summed E-state index contributed by atoms with van der Waals surface area (Å²) in [7, 11) is 0. The first kappa shape index (κ1) is 16.3. The predicted octanol–water partition coefficient (Wildman–Crippen LogP) is 5.30. The van der Waals surface area contributed by atoms with Crippen molar-refractivity contribution in [2.45, 2.75) is 26.2 Å². The number of amides is 1. The molecule has 2 aromatic rings. The van der Waals surface area contributed by atoms with Crippen molar-refractivity contribution in [3.8, 4) is 6.07 Å². The van der Waals surface area contributed by atoms with Gasteiger partial charge in [-0.2, -0.15) is 5.26 Å². The topological polar surface area (TPSA) is 52.9 Å². The molecule has 0 unspecified atom stereocenters. The van der Waals surface area contributed by atoms with Gasteiger partial charge in [-0.3, -0.25) is 4.79 Å². The van der Waals surface area contributed by atoms with Crippen LogP contribution in [0.3, 0.4) is 0 Å². The minimum Gasteiger partial charge on any atom is -0.312 e. The minimum atomic E-state index is -0.324. The maximum atomic E-state index is 12.5. The Kier molecular flexibility index (Phi) is 4.63. The molecule has 0 aliphatic heterocycles. The van der Waals surface area contributed by atoms with Gasteiger partial charge in [-0.25, -0.2) is 0 Å². The number of rotatable bonds is 2. The molecular weight excluding hydrogens is 351 g/mol. The Morgan fingerprint density at radius 1 is 1.43 bits per heavy atom. The van der Waals surface area contributed by atoms with Gasteiger partial charge in [0.1, 0.15) is 11.1 Å². The molecule has 0 saturated heterocycles. The van der Waals surface area contributed by atoms with Crippen molar-refractivity contribution < 1.29 is 4.79 Å². The molecule has 0 spiro atoms. The quantitative estimate of drug-likeness (QED) is 0.785. The molecule has 0 radical (unpaired) electrons. The summed E-state index contributed by atoms with van der Waals surface area (Å²) in [4.78, 5) is 13.7. The van der Waals surface area contributed by atoms with Crippen molar-refractivity contribution in [2.75, 3.05) is 5.32 Å². The van der Waals surface area contributed by atoms with Gasteiger partial charge in [0.25, 0.3) is 5.91 Å². The van der Waals surface area contributed by atoms with Gasteiger partial charge in [0.2, 0.25) is 0 Å². The molecule has 0 bridgehead atoms. The van der Waals surface area contributed by atoms with Gasteiger partial charge < -0.3 is 5.32 Å². The first-order chi connectivity index (χ1) is 11.0. The van der Waals surface area contributed by atoms with Crippen LogP contribution in [0.15, 0.2) is 18.2 Å². The average molecular weight is 365 g/mol. The SMILES string of the molecule is C[C@H]1CCc2c(sc(NC(=O)c3ccc(Cl)cc3Cl)c2C#N)C1. The highest BCUT2D eigenvalue weighted by atomic mass is 35.5. The van der Waals surface area contributed by atoms with Gasteiger partial charge in [0.05, 0.1) is 16.1 Å². The predicted molar refractivity (Wildman–Crippen MR) is 94.6 cm³/mol. The molecule has 23 heavy (non-hydrogen) atoms. The van der Waals surface area contributed by atoms with Crippen LogP contribution in [0, 0.1) is 17.2 Å². The number of fused-ring (bicyclic) bond motifs is 1. The number of benzene rings is 1. The molecule has 1 aliphatic carbocycles. The first-order valence-corrected chi connectivity index (χ1v) is 8.88. The highest BCUT2D eigenvalue weighted by Gasteiger charge is 2.25. The van der Waals surface area contributed by atoms with Crippen molar-refractivity contribution in [3.05, 3.63) is 49.8 Å². The van der Waals surface area contributed by atoms with E-state index in [1.54, 1.807) is 12.1 Å². The molecule has 118 valence electrons. The zero-order chi connectivity index (χ0) is 16.6. The molecule has 1 heterocycles. The van der Waals surface area contributed by atoms with E-state index in [4.69, 9.17) is 23.2 Å². The Labute approximate surface area is 148 Å². The van der Waals surface area contributed by atoms with E-state index in [9.17, 15) is 10.1 Å². The van der Waals surface area contributed by atoms with E-state index in [-0.39, 0.29) is 5.91 Å². The van der Waals surface area contributed by atoms with E-state index in [1.807, 2.05) is 0 Å². The highest BCUT2D eigenvalue weighted by Crippen LogP contribution is 2.39. The first-order valence-electron chi connectivity index (χ1n) is 7.30. The third kappa shape index (κ3) is 3.23. The Morgan fingerprint density at radius 3 is 2.91 bits per heavy atom. The number of anilines is 1. The van der Waals surface area contributed by atoms with Crippen LogP contribution in [0.1, 0.15) is 39.7 Å². The summed E-state index contributed by atoms with van der Waals surface area (Å²) in [6.45, 7) is 2.21. The maximum Gasteiger partial charge on any atom is 0.257 e. The summed E-state index contributed by atoms with van der Waals surface area (Å²) in [5.74, 6) is 0.289. The number of hydrogen-bond donors (Lipinski definition) is 1. The maximum absolute atomic E-state index is 12.5. The molecule has 1 atom stereocenters. The summed E-state index contributed by atoms with van der Waals surface area (Å²) < 4.78 is 0. The molecule has 6 heteroatoms. The Balaban J connectivity index is 1.91. The third-order valence-electron chi connectivity index (χ3n) is 4.03. The molecule has 1 aliphatic rings. The Hall–Kier alpha value is -1.54. The highest BCUT2D eigenvalue weighted by molar-refractivity contribution is 7.16. The molecular formula is C17H14Cl2N2OS. The van der Waals surface area contributed by atoms with Crippen LogP contribution in [-0.2, 0) is 12.8 Å². The summed E-state index contributed by atoms with van der Waals surface area (Å²) in [6.07, 6.45) is 2.94. The normalized spacial score (nSPS) is 16.5. The van der Waals surface area contributed by atoms with Gasteiger partial charge in [-0.1, -0.05) is 30.1 Å². The van der Waals surface area contributed by atoms with Gasteiger partial charge in [-0.15, -0.1) is 11.3 Å². The van der Waals surface area contributed by atoms with Gasteiger partial charge >= 0.3 is 0 Å². The molecule has 0 fully saturated rings. The van der Waals surface area contributed by atoms with Gasteiger partial charge in [-0.05, 0) is 48.9 Å². The molecule has 1 aromatic carbocycles. The number of carbonyl (C=O) groups is 1. The van der Waals surface area contributed by atoms with Gasteiger partial charge in [0, 0.05) is 9.90 Å². The monoisotopic (exact) mass is 364 g/mol. The standard InChI is InChI=1S/C17H14Cl2N2OS/c1-9-2-4-11-13(8-20)17(23-15(11)6-9)21-16(22)12-5-3-10(18)7-14(12)19/h3,5,7,9H,2,4,6H2,1H3,(H,21,22)/t9-/m0/s1. The van der Waals surface area contributed by atoms with Crippen molar-refractivity contribution in [2.24, 2.45) is 5.92 Å². The summed E-state index contributed by atoms with van der Waals surface area (Å²) in [5.41, 5.74) is 2.03. The minimum absolute atomic E-state index is 0.295. The summed E-state index contributed by atoms with van der Waals surface area (Å²) in [5, 5.41) is 13.7. The van der Waals surface area contributed by atoms with Crippen molar-refractivity contribution >= 4 is 45.4 Å². The van der Waals surface area contributed by atoms with E-state index in [2.05, 4.69) is 18.3 Å². The van der Waals surface area contributed by atoms with Gasteiger partial charge in [0.15, 0.2) is 0 Å². The zero-order valence-electron chi connectivity index (χ0n) is 12.5. The van der Waals surface area contributed by atoms with E-state index in [0.717, 1.165) is 24.8 Å². The molecule has 3 nitrogen and oxygen atoms in total. The number of halogens is 2. The second-order valence-electron chi connectivity index (χ2n) is 5.75.